The lowest BCUT2D eigenvalue weighted by atomic mass is 10.1. The van der Waals surface area contributed by atoms with E-state index < -0.39 is 0 Å². The third-order valence-electron chi connectivity index (χ3n) is 3.46. The molecular formula is C16H26N2O4. The standard InChI is InChI=1S/C16H26N2O4/c1-11(9-17)10-18-14(19)8-6-12-5-7-13(20-2)16(22-4)15(12)21-3/h5,7,11H,6,8-10,17H2,1-4H3,(H,18,19). The minimum Gasteiger partial charge on any atom is -0.493 e. The van der Waals surface area contributed by atoms with Crippen LogP contribution in [0.25, 0.3) is 0 Å². The number of benzene rings is 1. The van der Waals surface area contributed by atoms with E-state index >= 15 is 0 Å². The molecule has 0 saturated carbocycles. The molecule has 0 heterocycles. The highest BCUT2D eigenvalue weighted by atomic mass is 16.5. The van der Waals surface area contributed by atoms with Gasteiger partial charge in [-0.15, -0.1) is 0 Å². The molecule has 0 bridgehead atoms. The average Bonchev–Trinajstić information content (AvgIpc) is 2.56. The molecule has 1 aromatic carbocycles. The maximum absolute atomic E-state index is 11.9. The molecule has 0 aliphatic heterocycles. The van der Waals surface area contributed by atoms with Crippen LogP contribution in [0.1, 0.15) is 18.9 Å². The smallest absolute Gasteiger partial charge is 0.220 e. The first-order chi connectivity index (χ1) is 10.6. The van der Waals surface area contributed by atoms with Crippen LogP contribution in [-0.2, 0) is 11.2 Å². The molecule has 0 spiro atoms. The van der Waals surface area contributed by atoms with Crippen molar-refractivity contribution in [3.05, 3.63) is 17.7 Å². The topological polar surface area (TPSA) is 82.8 Å². The molecule has 1 aromatic rings. The van der Waals surface area contributed by atoms with Gasteiger partial charge in [0.15, 0.2) is 11.5 Å². The van der Waals surface area contributed by atoms with Gasteiger partial charge >= 0.3 is 0 Å². The number of carbonyl (C=O) groups is 1. The van der Waals surface area contributed by atoms with Gasteiger partial charge in [-0.05, 0) is 30.5 Å². The Balaban J connectivity index is 2.71. The zero-order chi connectivity index (χ0) is 16.5. The predicted octanol–water partition coefficient (Wildman–Crippen LogP) is 1.36. The fraction of sp³-hybridized carbons (Fsp3) is 0.562. The van der Waals surface area contributed by atoms with Crippen LogP contribution in [0.5, 0.6) is 17.2 Å². The molecule has 6 heteroatoms. The molecule has 1 atom stereocenters. The number of ether oxygens (including phenoxy) is 3. The van der Waals surface area contributed by atoms with E-state index in [1.165, 1.54) is 0 Å². The Morgan fingerprint density at radius 2 is 1.86 bits per heavy atom. The Kier molecular flexibility index (Phi) is 7.52. The third kappa shape index (κ3) is 4.80. The number of methoxy groups -OCH3 is 3. The number of nitrogens with one attached hydrogen (secondary N) is 1. The Hall–Kier alpha value is -1.95. The number of aryl methyl sites for hydroxylation is 1. The highest BCUT2D eigenvalue weighted by Gasteiger charge is 2.16. The quantitative estimate of drug-likeness (QED) is 0.719. The van der Waals surface area contributed by atoms with Crippen LogP contribution in [-0.4, -0.2) is 40.3 Å². The predicted molar refractivity (Wildman–Crippen MR) is 85.6 cm³/mol. The van der Waals surface area contributed by atoms with Crippen LogP contribution in [0, 0.1) is 5.92 Å². The monoisotopic (exact) mass is 310 g/mol. The lowest BCUT2D eigenvalue weighted by molar-refractivity contribution is -0.121. The lowest BCUT2D eigenvalue weighted by Gasteiger charge is -2.16. The molecule has 3 N–H and O–H groups in total. The maximum atomic E-state index is 11.9. The van der Waals surface area contributed by atoms with Crippen molar-refractivity contribution in [1.29, 1.82) is 0 Å². The highest BCUT2D eigenvalue weighted by molar-refractivity contribution is 5.76. The summed E-state index contributed by atoms with van der Waals surface area (Å²) < 4.78 is 16.0. The molecule has 0 aliphatic carbocycles. The Morgan fingerprint density at radius 3 is 2.41 bits per heavy atom. The molecule has 0 aromatic heterocycles. The number of rotatable bonds is 9. The average molecular weight is 310 g/mol. The van der Waals surface area contributed by atoms with Gasteiger partial charge in [-0.3, -0.25) is 4.79 Å². The molecule has 1 rings (SSSR count). The fourth-order valence-electron chi connectivity index (χ4n) is 2.07. The van der Waals surface area contributed by atoms with Gasteiger partial charge < -0.3 is 25.3 Å². The first-order valence-electron chi connectivity index (χ1n) is 7.31. The molecule has 124 valence electrons. The summed E-state index contributed by atoms with van der Waals surface area (Å²) in [6.07, 6.45) is 0.940. The molecule has 6 nitrogen and oxygen atoms in total. The number of hydrogen-bond donors (Lipinski definition) is 2. The van der Waals surface area contributed by atoms with Crippen LogP contribution >= 0.6 is 0 Å². The van der Waals surface area contributed by atoms with E-state index in [0.29, 0.717) is 43.2 Å². The summed E-state index contributed by atoms with van der Waals surface area (Å²) in [5.74, 6) is 2.02. The van der Waals surface area contributed by atoms with Crippen LogP contribution in [0.4, 0.5) is 0 Å². The number of hydrogen-bond acceptors (Lipinski definition) is 5. The second-order valence-corrected chi connectivity index (χ2v) is 5.14. The SMILES string of the molecule is COc1ccc(CCC(=O)NCC(C)CN)c(OC)c1OC. The number of carbonyl (C=O) groups excluding carboxylic acids is 1. The molecule has 0 fully saturated rings. The second kappa shape index (κ2) is 9.15. The molecular weight excluding hydrogens is 284 g/mol. The van der Waals surface area contributed by atoms with E-state index in [2.05, 4.69) is 5.32 Å². The largest absolute Gasteiger partial charge is 0.493 e. The van der Waals surface area contributed by atoms with Crippen molar-refractivity contribution < 1.29 is 19.0 Å². The van der Waals surface area contributed by atoms with E-state index in [1.807, 2.05) is 19.1 Å². The number of nitrogens with two attached hydrogens (primary N) is 1. The van der Waals surface area contributed by atoms with Gasteiger partial charge in [0.05, 0.1) is 21.3 Å². The first-order valence-corrected chi connectivity index (χ1v) is 7.31. The van der Waals surface area contributed by atoms with Crippen molar-refractivity contribution in [2.45, 2.75) is 19.8 Å². The summed E-state index contributed by atoms with van der Waals surface area (Å²) in [5.41, 5.74) is 6.43. The van der Waals surface area contributed by atoms with Gasteiger partial charge in [0.25, 0.3) is 0 Å². The maximum Gasteiger partial charge on any atom is 0.220 e. The summed E-state index contributed by atoms with van der Waals surface area (Å²) >= 11 is 0. The highest BCUT2D eigenvalue weighted by Crippen LogP contribution is 2.40. The first kappa shape index (κ1) is 18.1. The molecule has 0 aliphatic rings. The van der Waals surface area contributed by atoms with Crippen LogP contribution in [0.2, 0.25) is 0 Å². The van der Waals surface area contributed by atoms with E-state index in [1.54, 1.807) is 21.3 Å². The minimum atomic E-state index is -0.00265. The van der Waals surface area contributed by atoms with E-state index in [-0.39, 0.29) is 11.8 Å². The van der Waals surface area contributed by atoms with Gasteiger partial charge in [-0.2, -0.15) is 0 Å². The van der Waals surface area contributed by atoms with Gasteiger partial charge in [-0.1, -0.05) is 13.0 Å². The van der Waals surface area contributed by atoms with Crippen molar-refractivity contribution in [2.75, 3.05) is 34.4 Å². The van der Waals surface area contributed by atoms with E-state index in [0.717, 1.165) is 5.56 Å². The number of amides is 1. The molecule has 1 amide bonds. The molecule has 0 saturated heterocycles. The second-order valence-electron chi connectivity index (χ2n) is 5.14. The van der Waals surface area contributed by atoms with E-state index in [9.17, 15) is 4.79 Å². The Labute approximate surface area is 131 Å². The van der Waals surface area contributed by atoms with Crippen LogP contribution < -0.4 is 25.3 Å². The summed E-state index contributed by atoms with van der Waals surface area (Å²) in [5, 5.41) is 2.88. The minimum absolute atomic E-state index is 0.00265. The lowest BCUT2D eigenvalue weighted by Crippen LogP contribution is -2.31. The van der Waals surface area contributed by atoms with Crippen molar-refractivity contribution in [3.8, 4) is 17.2 Å². The van der Waals surface area contributed by atoms with Crippen molar-refractivity contribution in [1.82, 2.24) is 5.32 Å². The molecule has 1 unspecified atom stereocenters. The fourth-order valence-corrected chi connectivity index (χ4v) is 2.07. The molecule has 0 radical (unpaired) electrons. The van der Waals surface area contributed by atoms with Gasteiger partial charge in [-0.25, -0.2) is 0 Å². The van der Waals surface area contributed by atoms with Crippen molar-refractivity contribution >= 4 is 5.91 Å². The Morgan fingerprint density at radius 1 is 1.18 bits per heavy atom. The normalized spacial score (nSPS) is 11.7. The summed E-state index contributed by atoms with van der Waals surface area (Å²) in [6, 6.07) is 3.70. The Bertz CT molecular complexity index is 491. The zero-order valence-corrected chi connectivity index (χ0v) is 13.8. The van der Waals surface area contributed by atoms with Crippen molar-refractivity contribution in [2.24, 2.45) is 11.7 Å². The van der Waals surface area contributed by atoms with E-state index in [4.69, 9.17) is 19.9 Å². The summed E-state index contributed by atoms with van der Waals surface area (Å²) in [7, 11) is 4.71. The third-order valence-corrected chi connectivity index (χ3v) is 3.46. The van der Waals surface area contributed by atoms with Gasteiger partial charge in [0.1, 0.15) is 0 Å². The van der Waals surface area contributed by atoms with Gasteiger partial charge in [0, 0.05) is 13.0 Å². The molecule has 22 heavy (non-hydrogen) atoms. The van der Waals surface area contributed by atoms with Crippen molar-refractivity contribution in [3.63, 3.8) is 0 Å². The van der Waals surface area contributed by atoms with Gasteiger partial charge in [0.2, 0.25) is 11.7 Å². The van der Waals surface area contributed by atoms with Crippen LogP contribution in [0.15, 0.2) is 12.1 Å². The summed E-state index contributed by atoms with van der Waals surface area (Å²) in [4.78, 5) is 11.9. The summed E-state index contributed by atoms with van der Waals surface area (Å²) in [6.45, 7) is 3.15. The van der Waals surface area contributed by atoms with Crippen LogP contribution in [0.3, 0.4) is 0 Å². The zero-order valence-electron chi connectivity index (χ0n) is 13.8.